The Bertz CT molecular complexity index is 926. The van der Waals surface area contributed by atoms with Crippen LogP contribution < -0.4 is 4.90 Å². The molecule has 0 aliphatic rings. The molecule has 0 fully saturated rings. The van der Waals surface area contributed by atoms with Gasteiger partial charge >= 0.3 is 18.1 Å². The smallest absolute Gasteiger partial charge is 0.462 e. The molecule has 0 radical (unpaired) electrons. The van der Waals surface area contributed by atoms with Crippen LogP contribution in [0.25, 0.3) is 0 Å². The lowest BCUT2D eigenvalue weighted by molar-refractivity contribution is -0.384. The molecule has 2 aromatic rings. The Kier molecular flexibility index (Phi) is 6.57. The van der Waals surface area contributed by atoms with E-state index in [1.165, 1.54) is 30.3 Å². The highest BCUT2D eigenvalue weighted by molar-refractivity contribution is 5.99. The van der Waals surface area contributed by atoms with Crippen LogP contribution in [0.15, 0.2) is 42.5 Å². The number of alkyl halides is 3. The number of rotatable bonds is 6. The van der Waals surface area contributed by atoms with Gasteiger partial charge < -0.3 is 4.74 Å². The van der Waals surface area contributed by atoms with Gasteiger partial charge in [-0.2, -0.15) is 13.2 Å². The second-order valence-corrected chi connectivity index (χ2v) is 6.06. The number of nitro benzene ring substituents is 1. The average Bonchev–Trinajstić information content (AvgIpc) is 2.65. The number of nitrogens with zero attached hydrogens (tertiary/aromatic N) is 2. The van der Waals surface area contributed by atoms with Crippen molar-refractivity contribution in [2.24, 2.45) is 0 Å². The van der Waals surface area contributed by atoms with Gasteiger partial charge in [-0.1, -0.05) is 18.2 Å². The Morgan fingerprint density at radius 1 is 1.14 bits per heavy atom. The summed E-state index contributed by atoms with van der Waals surface area (Å²) >= 11 is 0. The Labute approximate surface area is 163 Å². The van der Waals surface area contributed by atoms with Gasteiger partial charge in [0.2, 0.25) is 0 Å². The van der Waals surface area contributed by atoms with Crippen LogP contribution in [0.2, 0.25) is 0 Å². The van der Waals surface area contributed by atoms with Gasteiger partial charge in [0.15, 0.2) is 0 Å². The minimum absolute atomic E-state index is 0.158. The molecule has 0 saturated carbocycles. The normalized spacial score (nSPS) is 11.1. The number of carbonyl (C=O) groups excluding carboxylic acids is 2. The fraction of sp³-hybridized carbons (Fsp3) is 0.263. The first kappa shape index (κ1) is 21.9. The molecule has 0 heterocycles. The number of hydrogen-bond donors (Lipinski definition) is 0. The van der Waals surface area contributed by atoms with E-state index in [1.54, 1.807) is 13.8 Å². The lowest BCUT2D eigenvalue weighted by Crippen LogP contribution is -2.41. The van der Waals surface area contributed by atoms with E-state index >= 15 is 0 Å². The molecule has 0 aromatic heterocycles. The second-order valence-electron chi connectivity index (χ2n) is 6.06. The molecule has 0 spiro atoms. The minimum Gasteiger partial charge on any atom is -0.462 e. The first-order chi connectivity index (χ1) is 13.5. The number of esters is 1. The van der Waals surface area contributed by atoms with E-state index in [-0.39, 0.29) is 17.7 Å². The molecule has 0 unspecified atom stereocenters. The molecular formula is C19H17F3N2O5. The Morgan fingerprint density at radius 2 is 1.76 bits per heavy atom. The number of benzene rings is 2. The molecule has 29 heavy (non-hydrogen) atoms. The van der Waals surface area contributed by atoms with Gasteiger partial charge in [-0.3, -0.25) is 19.8 Å². The number of carbonyl (C=O) groups is 2. The van der Waals surface area contributed by atoms with Gasteiger partial charge in [0.1, 0.15) is 5.69 Å². The zero-order chi connectivity index (χ0) is 21.8. The van der Waals surface area contributed by atoms with E-state index in [2.05, 4.69) is 0 Å². The van der Waals surface area contributed by atoms with E-state index in [0.717, 1.165) is 12.1 Å². The summed E-state index contributed by atoms with van der Waals surface area (Å²) in [5.41, 5.74) is -0.210. The van der Waals surface area contributed by atoms with Gasteiger partial charge in [0.25, 0.3) is 5.69 Å². The average molecular weight is 410 g/mol. The van der Waals surface area contributed by atoms with Crippen LogP contribution in [-0.4, -0.2) is 29.6 Å². The van der Waals surface area contributed by atoms with Crippen LogP contribution in [0.5, 0.6) is 0 Å². The summed E-state index contributed by atoms with van der Waals surface area (Å²) in [5, 5.41) is 11.3. The number of halogens is 3. The lowest BCUT2D eigenvalue weighted by atomic mass is 10.1. The number of nitro groups is 1. The molecular weight excluding hydrogens is 393 g/mol. The molecule has 0 atom stereocenters. The van der Waals surface area contributed by atoms with Crippen LogP contribution in [0, 0.1) is 17.0 Å². The van der Waals surface area contributed by atoms with Gasteiger partial charge in [-0.15, -0.1) is 0 Å². The predicted octanol–water partition coefficient (Wildman–Crippen LogP) is 4.18. The maximum atomic E-state index is 13.1. The van der Waals surface area contributed by atoms with Crippen LogP contribution in [-0.2, 0) is 16.1 Å². The van der Waals surface area contributed by atoms with E-state index < -0.39 is 40.9 Å². The van der Waals surface area contributed by atoms with Crippen LogP contribution in [0.3, 0.4) is 0 Å². The highest BCUT2D eigenvalue weighted by Crippen LogP contribution is 2.33. The van der Waals surface area contributed by atoms with Crippen molar-refractivity contribution in [3.8, 4) is 0 Å². The minimum atomic E-state index is -5.23. The molecule has 154 valence electrons. The van der Waals surface area contributed by atoms with Crippen LogP contribution >= 0.6 is 0 Å². The van der Waals surface area contributed by atoms with Crippen molar-refractivity contribution in [1.82, 2.24) is 0 Å². The van der Waals surface area contributed by atoms with Crippen LogP contribution in [0.1, 0.15) is 28.4 Å². The predicted molar refractivity (Wildman–Crippen MR) is 97.5 cm³/mol. The molecule has 0 N–H and O–H groups in total. The van der Waals surface area contributed by atoms with E-state index in [0.29, 0.717) is 10.5 Å². The fourth-order valence-electron chi connectivity index (χ4n) is 2.57. The topological polar surface area (TPSA) is 89.8 Å². The largest absolute Gasteiger partial charge is 0.471 e. The zero-order valence-corrected chi connectivity index (χ0v) is 15.5. The number of amides is 1. The third-order valence-corrected chi connectivity index (χ3v) is 3.91. The monoisotopic (exact) mass is 410 g/mol. The van der Waals surface area contributed by atoms with E-state index in [1.807, 2.05) is 0 Å². The zero-order valence-electron chi connectivity index (χ0n) is 15.5. The van der Waals surface area contributed by atoms with Gasteiger partial charge in [0, 0.05) is 6.07 Å². The highest BCUT2D eigenvalue weighted by Gasteiger charge is 2.44. The van der Waals surface area contributed by atoms with Gasteiger partial charge in [0.05, 0.1) is 23.6 Å². The number of anilines is 1. The Balaban J connectivity index is 2.45. The summed E-state index contributed by atoms with van der Waals surface area (Å²) in [6, 6.07) is 8.95. The standard InChI is InChI=1S/C19H17F3N2O5/c1-3-29-17(25)14-7-5-13(6-8-14)11-23(18(26)19(20,21)22)15-9-4-12(2)10-16(15)24(27)28/h4-10H,3,11H2,1-2H3. The van der Waals surface area contributed by atoms with Crippen molar-refractivity contribution in [2.75, 3.05) is 11.5 Å². The fourth-order valence-corrected chi connectivity index (χ4v) is 2.57. The summed E-state index contributed by atoms with van der Waals surface area (Å²) in [5.74, 6) is -2.84. The van der Waals surface area contributed by atoms with Gasteiger partial charge in [-0.05, 0) is 43.2 Å². The van der Waals surface area contributed by atoms with Crippen molar-refractivity contribution in [1.29, 1.82) is 0 Å². The van der Waals surface area contributed by atoms with Crippen LogP contribution in [0.4, 0.5) is 24.5 Å². The summed E-state index contributed by atoms with van der Waals surface area (Å²) in [7, 11) is 0. The molecule has 10 heteroatoms. The SMILES string of the molecule is CCOC(=O)c1ccc(CN(C(=O)C(F)(F)F)c2ccc(C)cc2[N+](=O)[O-])cc1. The molecule has 2 rings (SSSR count). The quantitative estimate of drug-likeness (QED) is 0.405. The number of aryl methyl sites for hydroxylation is 1. The Morgan fingerprint density at radius 3 is 2.28 bits per heavy atom. The van der Waals surface area contributed by atoms with Crippen molar-refractivity contribution >= 4 is 23.3 Å². The van der Waals surface area contributed by atoms with E-state index in [9.17, 15) is 32.9 Å². The molecule has 0 bridgehead atoms. The molecule has 0 saturated heterocycles. The third kappa shape index (κ3) is 5.31. The molecule has 2 aromatic carbocycles. The van der Waals surface area contributed by atoms with Crippen molar-refractivity contribution in [3.63, 3.8) is 0 Å². The first-order valence-electron chi connectivity index (χ1n) is 8.44. The maximum absolute atomic E-state index is 13.1. The summed E-state index contributed by atoms with van der Waals surface area (Å²) in [6.07, 6.45) is -5.23. The summed E-state index contributed by atoms with van der Waals surface area (Å²) < 4.78 is 44.2. The molecule has 0 aliphatic carbocycles. The highest BCUT2D eigenvalue weighted by atomic mass is 19.4. The number of ether oxygens (including phenoxy) is 1. The summed E-state index contributed by atoms with van der Waals surface area (Å²) in [6.45, 7) is 2.75. The lowest BCUT2D eigenvalue weighted by Gasteiger charge is -2.24. The molecule has 7 nitrogen and oxygen atoms in total. The maximum Gasteiger partial charge on any atom is 0.471 e. The van der Waals surface area contributed by atoms with Crippen molar-refractivity contribution < 1.29 is 32.4 Å². The van der Waals surface area contributed by atoms with E-state index in [4.69, 9.17) is 4.74 Å². The van der Waals surface area contributed by atoms with Crippen molar-refractivity contribution in [3.05, 3.63) is 69.3 Å². The Hall–Kier alpha value is -3.43. The molecule has 0 aliphatic heterocycles. The second kappa shape index (κ2) is 8.72. The number of hydrogen-bond acceptors (Lipinski definition) is 5. The molecule has 1 amide bonds. The van der Waals surface area contributed by atoms with Crippen molar-refractivity contribution in [2.45, 2.75) is 26.6 Å². The summed E-state index contributed by atoms with van der Waals surface area (Å²) in [4.78, 5) is 34.5. The third-order valence-electron chi connectivity index (χ3n) is 3.91. The van der Waals surface area contributed by atoms with Gasteiger partial charge in [-0.25, -0.2) is 4.79 Å². The first-order valence-corrected chi connectivity index (χ1v) is 8.44.